The van der Waals surface area contributed by atoms with Crippen LogP contribution in [-0.4, -0.2) is 57.4 Å². The largest absolute Gasteiger partial charge is 0.331 e. The molecule has 1 aliphatic heterocycles. The smallest absolute Gasteiger partial charge is 0.245 e. The van der Waals surface area contributed by atoms with Gasteiger partial charge < -0.3 is 9.47 Å². The SMILES string of the molecule is CSc1nnc([C@H]2CCCN2C(=O)[C@@H](c2ccc(F)cc2)N(C)C)n1C. The number of amides is 1. The van der Waals surface area contributed by atoms with Gasteiger partial charge in [0.2, 0.25) is 5.91 Å². The number of thioether (sulfide) groups is 1. The summed E-state index contributed by atoms with van der Waals surface area (Å²) < 4.78 is 15.2. The normalized spacial score (nSPS) is 18.5. The molecule has 26 heavy (non-hydrogen) atoms. The van der Waals surface area contributed by atoms with Gasteiger partial charge in [-0.15, -0.1) is 10.2 Å². The van der Waals surface area contributed by atoms with Gasteiger partial charge in [0, 0.05) is 13.6 Å². The maximum atomic E-state index is 13.4. The summed E-state index contributed by atoms with van der Waals surface area (Å²) in [6.07, 6.45) is 3.76. The molecular formula is C18H24FN5OS. The highest BCUT2D eigenvalue weighted by Gasteiger charge is 2.38. The summed E-state index contributed by atoms with van der Waals surface area (Å²) in [6.45, 7) is 0.691. The number of likely N-dealkylation sites (N-methyl/N-ethyl adjacent to an activating group) is 1. The lowest BCUT2D eigenvalue weighted by Gasteiger charge is -2.31. The van der Waals surface area contributed by atoms with E-state index < -0.39 is 6.04 Å². The number of carbonyl (C=O) groups is 1. The number of aromatic nitrogens is 3. The molecule has 6 nitrogen and oxygen atoms in total. The van der Waals surface area contributed by atoms with Gasteiger partial charge in [0.05, 0.1) is 6.04 Å². The van der Waals surface area contributed by atoms with Gasteiger partial charge >= 0.3 is 0 Å². The molecule has 2 aromatic rings. The van der Waals surface area contributed by atoms with Crippen molar-refractivity contribution in [1.82, 2.24) is 24.6 Å². The number of hydrogen-bond acceptors (Lipinski definition) is 5. The Morgan fingerprint density at radius 3 is 2.58 bits per heavy atom. The Balaban J connectivity index is 1.90. The van der Waals surface area contributed by atoms with E-state index in [2.05, 4.69) is 10.2 Å². The zero-order valence-electron chi connectivity index (χ0n) is 15.5. The molecule has 1 aromatic carbocycles. The van der Waals surface area contributed by atoms with Gasteiger partial charge in [-0.25, -0.2) is 4.39 Å². The molecule has 140 valence electrons. The zero-order chi connectivity index (χ0) is 18.8. The summed E-state index contributed by atoms with van der Waals surface area (Å²) in [5.41, 5.74) is 0.787. The fraction of sp³-hybridized carbons (Fsp3) is 0.500. The lowest BCUT2D eigenvalue weighted by molar-refractivity contribution is -0.137. The van der Waals surface area contributed by atoms with Gasteiger partial charge in [0.15, 0.2) is 11.0 Å². The van der Waals surface area contributed by atoms with Crippen molar-refractivity contribution in [3.63, 3.8) is 0 Å². The number of nitrogens with zero attached hydrogens (tertiary/aromatic N) is 5. The van der Waals surface area contributed by atoms with E-state index in [1.807, 2.05) is 41.8 Å². The van der Waals surface area contributed by atoms with E-state index in [0.717, 1.165) is 29.4 Å². The molecule has 1 saturated heterocycles. The molecule has 1 aliphatic rings. The summed E-state index contributed by atoms with van der Waals surface area (Å²) in [4.78, 5) is 17.1. The average molecular weight is 377 g/mol. The summed E-state index contributed by atoms with van der Waals surface area (Å²) in [7, 11) is 5.67. The van der Waals surface area contributed by atoms with Crippen LogP contribution in [0.3, 0.4) is 0 Å². The minimum absolute atomic E-state index is 0.0119. The monoisotopic (exact) mass is 377 g/mol. The van der Waals surface area contributed by atoms with E-state index >= 15 is 0 Å². The van der Waals surface area contributed by atoms with Crippen LogP contribution in [0.1, 0.15) is 36.3 Å². The van der Waals surface area contributed by atoms with Crippen LogP contribution in [0.25, 0.3) is 0 Å². The Morgan fingerprint density at radius 2 is 2.00 bits per heavy atom. The first kappa shape index (κ1) is 18.8. The van der Waals surface area contributed by atoms with Crippen molar-refractivity contribution in [3.8, 4) is 0 Å². The van der Waals surface area contributed by atoms with Crippen molar-refractivity contribution in [1.29, 1.82) is 0 Å². The molecule has 0 unspecified atom stereocenters. The summed E-state index contributed by atoms with van der Waals surface area (Å²) in [6, 6.07) is 5.62. The highest BCUT2D eigenvalue weighted by Crippen LogP contribution is 2.35. The van der Waals surface area contributed by atoms with Crippen LogP contribution in [-0.2, 0) is 11.8 Å². The lowest BCUT2D eigenvalue weighted by Crippen LogP contribution is -2.40. The van der Waals surface area contributed by atoms with Gasteiger partial charge in [-0.3, -0.25) is 9.69 Å². The number of halogens is 1. The molecule has 0 bridgehead atoms. The van der Waals surface area contributed by atoms with Crippen LogP contribution >= 0.6 is 11.8 Å². The van der Waals surface area contributed by atoms with E-state index in [0.29, 0.717) is 6.54 Å². The van der Waals surface area contributed by atoms with Crippen LogP contribution in [0.15, 0.2) is 29.4 Å². The van der Waals surface area contributed by atoms with Crippen molar-refractivity contribution < 1.29 is 9.18 Å². The molecule has 1 fully saturated rings. The number of hydrogen-bond donors (Lipinski definition) is 0. The van der Waals surface area contributed by atoms with Crippen molar-refractivity contribution >= 4 is 17.7 Å². The van der Waals surface area contributed by atoms with Crippen LogP contribution in [0.4, 0.5) is 4.39 Å². The molecule has 0 aliphatic carbocycles. The highest BCUT2D eigenvalue weighted by molar-refractivity contribution is 7.98. The second-order valence-corrected chi connectivity index (χ2v) is 7.48. The molecule has 8 heteroatoms. The van der Waals surface area contributed by atoms with Gasteiger partial charge in [0.1, 0.15) is 11.9 Å². The quantitative estimate of drug-likeness (QED) is 0.750. The molecule has 1 amide bonds. The van der Waals surface area contributed by atoms with Crippen LogP contribution < -0.4 is 0 Å². The molecular weight excluding hydrogens is 353 g/mol. The van der Waals surface area contributed by atoms with Crippen LogP contribution in [0.5, 0.6) is 0 Å². The fourth-order valence-corrected chi connectivity index (χ4v) is 4.05. The van der Waals surface area contributed by atoms with E-state index in [1.54, 1.807) is 12.1 Å². The predicted octanol–water partition coefficient (Wildman–Crippen LogP) is 2.64. The molecule has 0 spiro atoms. The predicted molar refractivity (Wildman–Crippen MR) is 99.3 cm³/mol. The average Bonchev–Trinajstić information content (AvgIpc) is 3.22. The van der Waals surface area contributed by atoms with Crippen molar-refractivity contribution in [2.24, 2.45) is 7.05 Å². The maximum absolute atomic E-state index is 13.4. The number of benzene rings is 1. The number of rotatable bonds is 5. The minimum atomic E-state index is -0.454. The third-order valence-corrected chi connectivity index (χ3v) is 5.54. The van der Waals surface area contributed by atoms with Crippen LogP contribution in [0.2, 0.25) is 0 Å². The fourth-order valence-electron chi connectivity index (χ4n) is 3.56. The van der Waals surface area contributed by atoms with E-state index in [4.69, 9.17) is 0 Å². The Morgan fingerprint density at radius 1 is 1.31 bits per heavy atom. The van der Waals surface area contributed by atoms with Gasteiger partial charge in [0.25, 0.3) is 0 Å². The van der Waals surface area contributed by atoms with Gasteiger partial charge in [-0.1, -0.05) is 23.9 Å². The minimum Gasteiger partial charge on any atom is -0.331 e. The number of likely N-dealkylation sites (tertiary alicyclic amines) is 1. The Kier molecular flexibility index (Phi) is 5.62. The molecule has 3 rings (SSSR count). The van der Waals surface area contributed by atoms with E-state index in [-0.39, 0.29) is 17.8 Å². The third kappa shape index (κ3) is 3.48. The summed E-state index contributed by atoms with van der Waals surface area (Å²) >= 11 is 1.54. The molecule has 1 aromatic heterocycles. The third-order valence-electron chi connectivity index (χ3n) is 4.82. The molecule has 0 saturated carbocycles. The van der Waals surface area contributed by atoms with Crippen LogP contribution in [0, 0.1) is 5.82 Å². The molecule has 2 heterocycles. The van der Waals surface area contributed by atoms with Crippen molar-refractivity contribution in [2.45, 2.75) is 30.1 Å². The highest BCUT2D eigenvalue weighted by atomic mass is 32.2. The van der Waals surface area contributed by atoms with Gasteiger partial charge in [-0.2, -0.15) is 0 Å². The number of carbonyl (C=O) groups excluding carboxylic acids is 1. The van der Waals surface area contributed by atoms with E-state index in [9.17, 15) is 9.18 Å². The van der Waals surface area contributed by atoms with Crippen molar-refractivity contribution in [2.75, 3.05) is 26.9 Å². The maximum Gasteiger partial charge on any atom is 0.245 e. The Bertz CT molecular complexity index is 776. The lowest BCUT2D eigenvalue weighted by atomic mass is 10.0. The first-order valence-corrected chi connectivity index (χ1v) is 9.82. The zero-order valence-corrected chi connectivity index (χ0v) is 16.3. The second-order valence-electron chi connectivity index (χ2n) is 6.71. The van der Waals surface area contributed by atoms with Crippen molar-refractivity contribution in [3.05, 3.63) is 41.5 Å². The Labute approximate surface area is 157 Å². The standard InChI is InChI=1S/C18H24FN5OS/c1-22(2)15(12-7-9-13(19)10-8-12)17(25)24-11-5-6-14(24)16-20-21-18(26-4)23(16)3/h7-10,14-15H,5-6,11H2,1-4H3/t14-,15-/m1/s1. The van der Waals surface area contributed by atoms with Gasteiger partial charge in [-0.05, 0) is 50.9 Å². The second kappa shape index (κ2) is 7.75. The Hall–Kier alpha value is -1.93. The summed E-state index contributed by atoms with van der Waals surface area (Å²) in [5, 5.41) is 9.37. The molecule has 0 N–H and O–H groups in total. The van der Waals surface area contributed by atoms with E-state index in [1.165, 1.54) is 23.9 Å². The first-order valence-electron chi connectivity index (χ1n) is 8.59. The summed E-state index contributed by atoms with van der Waals surface area (Å²) in [5.74, 6) is 0.524. The molecule has 0 radical (unpaired) electrons. The topological polar surface area (TPSA) is 54.3 Å². The molecule has 2 atom stereocenters. The first-order chi connectivity index (χ1) is 12.4.